The molecule has 0 heterocycles. The van der Waals surface area contributed by atoms with Gasteiger partial charge in [-0.15, -0.1) is 0 Å². The van der Waals surface area contributed by atoms with Crippen LogP contribution in [-0.2, 0) is 17.7 Å². The molecule has 0 atom stereocenters. The number of hydroxylamine groups is 1. The lowest BCUT2D eigenvalue weighted by Crippen LogP contribution is -2.14. The molecule has 0 radical (unpaired) electrons. The van der Waals surface area contributed by atoms with Crippen LogP contribution in [0.1, 0.15) is 43.4 Å². The number of ether oxygens (including phenoxy) is 2. The van der Waals surface area contributed by atoms with Crippen molar-refractivity contribution in [3.05, 3.63) is 75.3 Å². The average molecular weight is 499 g/mol. The summed E-state index contributed by atoms with van der Waals surface area (Å²) in [7, 11) is 0. The highest BCUT2D eigenvalue weighted by atomic mass is 35.5. The number of unbranched alkanes of at least 4 members (excludes halogenated alkanes) is 1. The smallest absolute Gasteiger partial charge is 0.125 e. The van der Waals surface area contributed by atoms with Crippen molar-refractivity contribution in [2.75, 3.05) is 19.8 Å². The van der Waals surface area contributed by atoms with Crippen molar-refractivity contribution in [3.8, 4) is 11.5 Å². The summed E-state index contributed by atoms with van der Waals surface area (Å²) in [6.07, 6.45) is 5.05. The van der Waals surface area contributed by atoms with Gasteiger partial charge in [-0.3, -0.25) is 10.3 Å². The van der Waals surface area contributed by atoms with Crippen molar-refractivity contribution in [1.29, 1.82) is 0 Å². The van der Waals surface area contributed by atoms with Gasteiger partial charge in [-0.1, -0.05) is 67.4 Å². The average Bonchev–Trinajstić information content (AvgIpc) is 2.78. The number of rotatable bonds is 14. The van der Waals surface area contributed by atoms with Gasteiger partial charge in [0, 0.05) is 5.02 Å². The minimum absolute atomic E-state index is 0.199. The van der Waals surface area contributed by atoms with Gasteiger partial charge in [-0.05, 0) is 72.7 Å². The largest absolute Gasteiger partial charge is 0.493 e. The SMILES string of the molecule is C=C(NOCCCCOc1c(CC)cc(OCC=C(Cl)Cl)cc1CC)c1ccc(Cl)cc1. The van der Waals surface area contributed by atoms with E-state index in [1.165, 1.54) is 0 Å². The van der Waals surface area contributed by atoms with E-state index in [0.29, 0.717) is 30.5 Å². The fourth-order valence-corrected chi connectivity index (χ4v) is 3.27. The topological polar surface area (TPSA) is 39.7 Å². The summed E-state index contributed by atoms with van der Waals surface area (Å²) < 4.78 is 12.1. The van der Waals surface area contributed by atoms with E-state index in [1.807, 2.05) is 36.4 Å². The molecule has 0 spiro atoms. The summed E-state index contributed by atoms with van der Waals surface area (Å²) >= 11 is 17.2. The second-order valence-electron chi connectivity index (χ2n) is 7.07. The molecule has 4 nitrogen and oxygen atoms in total. The lowest BCUT2D eigenvalue weighted by atomic mass is 10.0. The highest BCUT2D eigenvalue weighted by Crippen LogP contribution is 2.31. The quantitative estimate of drug-likeness (QED) is 0.216. The molecule has 1 N–H and O–H groups in total. The number of benzene rings is 2. The number of halogens is 3. The van der Waals surface area contributed by atoms with Gasteiger partial charge in [-0.2, -0.15) is 0 Å². The predicted molar refractivity (Wildman–Crippen MR) is 135 cm³/mol. The van der Waals surface area contributed by atoms with Gasteiger partial charge in [0.15, 0.2) is 0 Å². The molecule has 0 amide bonds. The van der Waals surface area contributed by atoms with Gasteiger partial charge in [0.1, 0.15) is 22.6 Å². The first-order valence-corrected chi connectivity index (χ1v) is 11.8. The van der Waals surface area contributed by atoms with E-state index in [2.05, 4.69) is 25.9 Å². The maximum absolute atomic E-state index is 6.14. The van der Waals surface area contributed by atoms with E-state index in [4.69, 9.17) is 49.1 Å². The zero-order valence-corrected chi connectivity index (χ0v) is 20.8. The third-order valence-electron chi connectivity index (χ3n) is 4.74. The van der Waals surface area contributed by atoms with Crippen LogP contribution in [0, 0.1) is 0 Å². The van der Waals surface area contributed by atoms with Gasteiger partial charge in [0.05, 0.1) is 18.9 Å². The third-order valence-corrected chi connectivity index (χ3v) is 5.30. The molecule has 0 aliphatic rings. The van der Waals surface area contributed by atoms with Crippen LogP contribution in [0.5, 0.6) is 11.5 Å². The van der Waals surface area contributed by atoms with Gasteiger partial charge in [0.2, 0.25) is 0 Å². The standard InChI is InChI=1S/C25H30Cl3NO3/c1-4-19-16-23(30-15-12-24(27)28)17-20(5-2)25(19)31-13-6-7-14-32-29-18(3)21-8-10-22(26)11-9-21/h8-12,16-17,29H,3-7,13-15H2,1-2H3. The van der Waals surface area contributed by atoms with Crippen LogP contribution in [-0.4, -0.2) is 19.8 Å². The van der Waals surface area contributed by atoms with Crippen molar-refractivity contribution < 1.29 is 14.3 Å². The molecular formula is C25H30Cl3NO3. The molecule has 0 unspecified atom stereocenters. The van der Waals surface area contributed by atoms with Crippen LogP contribution in [0.15, 0.2) is 53.5 Å². The highest BCUT2D eigenvalue weighted by molar-refractivity contribution is 6.55. The summed E-state index contributed by atoms with van der Waals surface area (Å²) in [6.45, 7) is 9.68. The number of aryl methyl sites for hydroxylation is 2. The lowest BCUT2D eigenvalue weighted by Gasteiger charge is -2.17. The zero-order valence-electron chi connectivity index (χ0n) is 18.6. The van der Waals surface area contributed by atoms with Crippen molar-refractivity contribution in [3.63, 3.8) is 0 Å². The van der Waals surface area contributed by atoms with Crippen molar-refractivity contribution in [2.24, 2.45) is 0 Å². The Labute approximate surface area is 206 Å². The van der Waals surface area contributed by atoms with Crippen LogP contribution < -0.4 is 15.0 Å². The molecule has 0 aliphatic carbocycles. The van der Waals surface area contributed by atoms with Gasteiger partial charge in [-0.25, -0.2) is 0 Å². The molecule has 2 rings (SSSR count). The summed E-state index contributed by atoms with van der Waals surface area (Å²) in [6, 6.07) is 11.5. The Bertz CT molecular complexity index is 869. The fraction of sp³-hybridized carbons (Fsp3) is 0.360. The maximum Gasteiger partial charge on any atom is 0.125 e. The van der Waals surface area contributed by atoms with Crippen molar-refractivity contribution in [2.45, 2.75) is 39.5 Å². The first-order valence-electron chi connectivity index (χ1n) is 10.7. The molecule has 32 heavy (non-hydrogen) atoms. The Balaban J connectivity index is 1.77. The molecular weight excluding hydrogens is 469 g/mol. The second kappa shape index (κ2) is 14.3. The Hall–Kier alpha value is -1.85. The van der Waals surface area contributed by atoms with E-state index < -0.39 is 0 Å². The predicted octanol–water partition coefficient (Wildman–Crippen LogP) is 7.51. The number of hydrogen-bond donors (Lipinski definition) is 1. The molecule has 0 fully saturated rings. The van der Waals surface area contributed by atoms with Gasteiger partial charge < -0.3 is 9.47 Å². The van der Waals surface area contributed by atoms with Gasteiger partial charge >= 0.3 is 0 Å². The van der Waals surface area contributed by atoms with E-state index in [1.54, 1.807) is 6.08 Å². The number of nitrogens with one attached hydrogen (secondary N) is 1. The third kappa shape index (κ3) is 8.95. The van der Waals surface area contributed by atoms with Crippen LogP contribution >= 0.6 is 34.8 Å². The molecule has 2 aromatic rings. The van der Waals surface area contributed by atoms with Gasteiger partial charge in [0.25, 0.3) is 0 Å². The first kappa shape index (κ1) is 26.4. The molecule has 0 aliphatic heterocycles. The molecule has 7 heteroatoms. The Morgan fingerprint density at radius 3 is 2.19 bits per heavy atom. The fourth-order valence-electron chi connectivity index (χ4n) is 3.02. The summed E-state index contributed by atoms with van der Waals surface area (Å²) in [5.41, 5.74) is 6.76. The Morgan fingerprint density at radius 1 is 0.969 bits per heavy atom. The van der Waals surface area contributed by atoms with Crippen LogP contribution in [0.25, 0.3) is 5.70 Å². The van der Waals surface area contributed by atoms with Crippen LogP contribution in [0.2, 0.25) is 5.02 Å². The maximum atomic E-state index is 6.14. The monoisotopic (exact) mass is 497 g/mol. The van der Waals surface area contributed by atoms with E-state index in [-0.39, 0.29) is 4.49 Å². The second-order valence-corrected chi connectivity index (χ2v) is 8.52. The summed E-state index contributed by atoms with van der Waals surface area (Å²) in [4.78, 5) is 5.51. The minimum Gasteiger partial charge on any atom is -0.493 e. The molecule has 0 saturated carbocycles. The number of hydrogen-bond acceptors (Lipinski definition) is 4. The summed E-state index contributed by atoms with van der Waals surface area (Å²) in [5.74, 6) is 1.74. The van der Waals surface area contributed by atoms with Crippen LogP contribution in [0.4, 0.5) is 0 Å². The first-order chi connectivity index (χ1) is 15.4. The highest BCUT2D eigenvalue weighted by Gasteiger charge is 2.11. The van der Waals surface area contributed by atoms with E-state index >= 15 is 0 Å². The normalized spacial score (nSPS) is 10.5. The molecule has 0 aromatic heterocycles. The van der Waals surface area contributed by atoms with Crippen molar-refractivity contribution >= 4 is 40.5 Å². The van der Waals surface area contributed by atoms with Crippen LogP contribution in [0.3, 0.4) is 0 Å². The molecule has 0 saturated heterocycles. The molecule has 2 aromatic carbocycles. The van der Waals surface area contributed by atoms with E-state index in [9.17, 15) is 0 Å². The Kier molecular flexibility index (Phi) is 11.8. The lowest BCUT2D eigenvalue weighted by molar-refractivity contribution is 0.0732. The van der Waals surface area contributed by atoms with Crippen molar-refractivity contribution in [1.82, 2.24) is 5.48 Å². The minimum atomic E-state index is 0.199. The van der Waals surface area contributed by atoms with E-state index in [0.717, 1.165) is 53.9 Å². The molecule has 174 valence electrons. The summed E-state index contributed by atoms with van der Waals surface area (Å²) in [5, 5.41) is 0.690. The molecule has 0 bridgehead atoms. The zero-order chi connectivity index (χ0) is 23.3. The Morgan fingerprint density at radius 2 is 1.59 bits per heavy atom.